The molecule has 0 amide bonds. The van der Waals surface area contributed by atoms with E-state index in [0.717, 1.165) is 12.1 Å². The number of halogens is 1. The molecule has 0 aliphatic carbocycles. The number of nitrogens with zero attached hydrogens (tertiary/aromatic N) is 3. The summed E-state index contributed by atoms with van der Waals surface area (Å²) in [6.45, 7) is 0. The minimum atomic E-state index is -0.945. The summed E-state index contributed by atoms with van der Waals surface area (Å²) < 4.78 is 5.23. The molecule has 3 aromatic rings. The smallest absolute Gasteiger partial charge is 0.345 e. The lowest BCUT2D eigenvalue weighted by molar-refractivity contribution is -0.384. The summed E-state index contributed by atoms with van der Waals surface area (Å²) in [4.78, 5) is 37.1. The van der Waals surface area contributed by atoms with Crippen molar-refractivity contribution in [3.05, 3.63) is 79.5 Å². The number of fused-ring (bicyclic) bond motifs is 1. The van der Waals surface area contributed by atoms with Gasteiger partial charge in [-0.2, -0.15) is 0 Å². The summed E-state index contributed by atoms with van der Waals surface area (Å²) >= 11 is 5.92. The fourth-order valence-electron chi connectivity index (χ4n) is 2.31. The molecule has 0 saturated heterocycles. The van der Waals surface area contributed by atoms with Gasteiger partial charge in [-0.1, -0.05) is 11.6 Å². The van der Waals surface area contributed by atoms with Gasteiger partial charge in [0, 0.05) is 24.4 Å². The van der Waals surface area contributed by atoms with E-state index in [4.69, 9.17) is 16.3 Å². The molecule has 1 heterocycles. The zero-order valence-corrected chi connectivity index (χ0v) is 13.5. The van der Waals surface area contributed by atoms with E-state index in [9.17, 15) is 25.0 Å². The van der Waals surface area contributed by atoms with Crippen LogP contribution in [-0.2, 0) is 0 Å². The van der Waals surface area contributed by atoms with Crippen LogP contribution in [0, 0.1) is 20.2 Å². The number of carbonyl (C=O) groups is 1. The Balaban J connectivity index is 2.04. The monoisotopic (exact) mass is 373 g/mol. The predicted molar refractivity (Wildman–Crippen MR) is 91.5 cm³/mol. The van der Waals surface area contributed by atoms with Crippen LogP contribution in [0.1, 0.15) is 10.4 Å². The van der Waals surface area contributed by atoms with Gasteiger partial charge in [0.25, 0.3) is 11.4 Å². The third-order valence-electron chi connectivity index (χ3n) is 3.49. The fraction of sp³-hybridized carbons (Fsp3) is 0. The highest BCUT2D eigenvalue weighted by Crippen LogP contribution is 2.32. The first-order chi connectivity index (χ1) is 12.4. The molecule has 0 aliphatic rings. The number of benzene rings is 2. The number of non-ortho nitro benzene ring substituents is 2. The topological polar surface area (TPSA) is 125 Å². The summed E-state index contributed by atoms with van der Waals surface area (Å²) in [5.74, 6) is -0.974. The molecule has 10 heteroatoms. The third-order valence-corrected chi connectivity index (χ3v) is 3.82. The quantitative estimate of drug-likeness (QED) is 0.293. The van der Waals surface area contributed by atoms with Gasteiger partial charge in [0.05, 0.1) is 25.8 Å². The SMILES string of the molecule is O=C(Oc1ccc([N+](=O)[O-])c2cccnc12)c1cc([N+](=O)[O-])ccc1Cl. The number of pyridine rings is 1. The molecule has 0 saturated carbocycles. The lowest BCUT2D eigenvalue weighted by Crippen LogP contribution is -2.10. The maximum atomic E-state index is 12.4. The number of ether oxygens (including phenoxy) is 1. The van der Waals surface area contributed by atoms with Gasteiger partial charge in [-0.15, -0.1) is 0 Å². The van der Waals surface area contributed by atoms with Crippen molar-refractivity contribution in [3.63, 3.8) is 0 Å². The Morgan fingerprint density at radius 3 is 2.54 bits per heavy atom. The number of nitro benzene ring substituents is 2. The number of nitro groups is 2. The van der Waals surface area contributed by atoms with E-state index in [1.807, 2.05) is 0 Å². The normalized spacial score (nSPS) is 10.5. The highest BCUT2D eigenvalue weighted by Gasteiger charge is 2.21. The number of esters is 1. The van der Waals surface area contributed by atoms with Crippen LogP contribution in [0.4, 0.5) is 11.4 Å². The summed E-state index contributed by atoms with van der Waals surface area (Å²) in [7, 11) is 0. The van der Waals surface area contributed by atoms with Crippen molar-refractivity contribution >= 4 is 39.8 Å². The van der Waals surface area contributed by atoms with Crippen molar-refractivity contribution in [2.24, 2.45) is 0 Å². The summed E-state index contributed by atoms with van der Waals surface area (Å²) in [5.41, 5.74) is -0.616. The zero-order valence-electron chi connectivity index (χ0n) is 12.8. The van der Waals surface area contributed by atoms with Gasteiger partial charge in [0.1, 0.15) is 5.52 Å². The van der Waals surface area contributed by atoms with E-state index in [0.29, 0.717) is 0 Å². The van der Waals surface area contributed by atoms with Gasteiger partial charge in [-0.25, -0.2) is 4.79 Å². The van der Waals surface area contributed by atoms with E-state index >= 15 is 0 Å². The van der Waals surface area contributed by atoms with E-state index in [-0.39, 0.29) is 38.6 Å². The largest absolute Gasteiger partial charge is 0.421 e. The highest BCUT2D eigenvalue weighted by molar-refractivity contribution is 6.33. The first-order valence-corrected chi connectivity index (χ1v) is 7.44. The Bertz CT molecular complexity index is 1070. The molecule has 26 heavy (non-hydrogen) atoms. The third kappa shape index (κ3) is 3.15. The summed E-state index contributed by atoms with van der Waals surface area (Å²) in [6, 6.07) is 8.75. The maximum absolute atomic E-state index is 12.4. The molecule has 0 N–H and O–H groups in total. The molecule has 130 valence electrons. The Morgan fingerprint density at radius 2 is 1.85 bits per heavy atom. The van der Waals surface area contributed by atoms with Crippen LogP contribution in [0.3, 0.4) is 0 Å². The Morgan fingerprint density at radius 1 is 1.08 bits per heavy atom. The first-order valence-electron chi connectivity index (χ1n) is 7.06. The number of rotatable bonds is 4. The first kappa shape index (κ1) is 17.2. The Kier molecular flexibility index (Phi) is 4.46. The second-order valence-corrected chi connectivity index (χ2v) is 5.46. The molecule has 3 rings (SSSR count). The molecule has 2 aromatic carbocycles. The standard InChI is InChI=1S/C16H8ClN3O6/c17-12-4-3-9(19(22)23)8-11(12)16(21)26-14-6-5-13(20(24)25)10-2-1-7-18-15(10)14/h1-8H. The van der Waals surface area contributed by atoms with Gasteiger partial charge in [0.15, 0.2) is 5.75 Å². The van der Waals surface area contributed by atoms with Crippen LogP contribution in [0.25, 0.3) is 10.9 Å². The molecule has 1 aromatic heterocycles. The Labute approximate surface area is 150 Å². The number of carbonyl (C=O) groups excluding carboxylic acids is 1. The van der Waals surface area contributed by atoms with Gasteiger partial charge >= 0.3 is 5.97 Å². The van der Waals surface area contributed by atoms with E-state index in [1.54, 1.807) is 0 Å². The van der Waals surface area contributed by atoms with E-state index in [1.165, 1.54) is 36.5 Å². The average molecular weight is 374 g/mol. The van der Waals surface area contributed by atoms with Crippen molar-refractivity contribution in [1.82, 2.24) is 4.98 Å². The number of aromatic nitrogens is 1. The van der Waals surface area contributed by atoms with Crippen LogP contribution >= 0.6 is 11.6 Å². The number of hydrogen-bond acceptors (Lipinski definition) is 7. The number of hydrogen-bond donors (Lipinski definition) is 0. The van der Waals surface area contributed by atoms with E-state index < -0.39 is 15.8 Å². The van der Waals surface area contributed by atoms with Crippen LogP contribution < -0.4 is 4.74 Å². The molecule has 0 fully saturated rings. The maximum Gasteiger partial charge on any atom is 0.345 e. The fourth-order valence-corrected chi connectivity index (χ4v) is 2.51. The predicted octanol–water partition coefficient (Wildman–Crippen LogP) is 3.92. The summed E-state index contributed by atoms with van der Waals surface area (Å²) in [6.07, 6.45) is 1.39. The van der Waals surface area contributed by atoms with Crippen molar-refractivity contribution in [3.8, 4) is 5.75 Å². The van der Waals surface area contributed by atoms with E-state index in [2.05, 4.69) is 4.98 Å². The second kappa shape index (κ2) is 6.73. The molecular formula is C16H8ClN3O6. The van der Waals surface area contributed by atoms with Crippen LogP contribution in [-0.4, -0.2) is 20.8 Å². The molecular weight excluding hydrogens is 366 g/mol. The molecule has 9 nitrogen and oxygen atoms in total. The zero-order chi connectivity index (χ0) is 18.8. The van der Waals surface area contributed by atoms with Crippen molar-refractivity contribution in [2.45, 2.75) is 0 Å². The molecule has 0 spiro atoms. The molecule has 0 atom stereocenters. The van der Waals surface area contributed by atoms with Crippen LogP contribution in [0.2, 0.25) is 5.02 Å². The second-order valence-electron chi connectivity index (χ2n) is 5.05. The molecule has 0 unspecified atom stereocenters. The molecule has 0 radical (unpaired) electrons. The van der Waals surface area contributed by atoms with Gasteiger partial charge in [-0.05, 0) is 24.3 Å². The van der Waals surface area contributed by atoms with Gasteiger partial charge in [0.2, 0.25) is 0 Å². The molecule has 0 aliphatic heterocycles. The van der Waals surface area contributed by atoms with Crippen molar-refractivity contribution in [1.29, 1.82) is 0 Å². The van der Waals surface area contributed by atoms with Crippen molar-refractivity contribution in [2.75, 3.05) is 0 Å². The summed E-state index contributed by atoms with van der Waals surface area (Å²) in [5, 5.41) is 22.1. The van der Waals surface area contributed by atoms with Gasteiger partial charge < -0.3 is 4.74 Å². The van der Waals surface area contributed by atoms with Crippen LogP contribution in [0.15, 0.2) is 48.7 Å². The lowest BCUT2D eigenvalue weighted by atomic mass is 10.1. The minimum Gasteiger partial charge on any atom is -0.421 e. The van der Waals surface area contributed by atoms with Gasteiger partial charge in [-0.3, -0.25) is 25.2 Å². The average Bonchev–Trinajstić information content (AvgIpc) is 2.61. The lowest BCUT2D eigenvalue weighted by Gasteiger charge is -2.08. The minimum absolute atomic E-state index is 0.0280. The molecule has 0 bridgehead atoms. The van der Waals surface area contributed by atoms with Crippen molar-refractivity contribution < 1.29 is 19.4 Å². The highest BCUT2D eigenvalue weighted by atomic mass is 35.5. The van der Waals surface area contributed by atoms with Crippen LogP contribution in [0.5, 0.6) is 5.75 Å². The Hall–Kier alpha value is -3.59.